The van der Waals surface area contributed by atoms with Crippen molar-refractivity contribution in [3.8, 4) is 5.75 Å². The van der Waals surface area contributed by atoms with Crippen LogP contribution in [0.25, 0.3) is 0 Å². The number of pyridine rings is 1. The van der Waals surface area contributed by atoms with Crippen LogP contribution in [0, 0.1) is 0 Å². The lowest BCUT2D eigenvalue weighted by atomic mass is 9.89. The van der Waals surface area contributed by atoms with E-state index in [4.69, 9.17) is 15.2 Å². The highest BCUT2D eigenvalue weighted by molar-refractivity contribution is 5.95. The fraction of sp³-hybridized carbons (Fsp3) is 0.500. The Kier molecular flexibility index (Phi) is 2.93. The molecule has 2 aliphatic heterocycles. The smallest absolute Gasteiger partial charge is 0.416 e. The van der Waals surface area contributed by atoms with Crippen LogP contribution in [-0.4, -0.2) is 41.8 Å². The summed E-state index contributed by atoms with van der Waals surface area (Å²) in [4.78, 5) is 29.5. The van der Waals surface area contributed by atoms with Crippen LogP contribution in [0.3, 0.4) is 0 Å². The summed E-state index contributed by atoms with van der Waals surface area (Å²) in [6.45, 7) is -0.0254. The average Bonchev–Trinajstić information content (AvgIpc) is 2.81. The van der Waals surface area contributed by atoms with Crippen LogP contribution in [0.2, 0.25) is 0 Å². The third-order valence-corrected chi connectivity index (χ3v) is 4.28. The van der Waals surface area contributed by atoms with Crippen molar-refractivity contribution in [1.29, 1.82) is 0 Å². The second-order valence-corrected chi connectivity index (χ2v) is 5.79. The van der Waals surface area contributed by atoms with E-state index in [-0.39, 0.29) is 30.7 Å². The normalized spacial score (nSPS) is 30.0. The average molecular weight is 304 g/mol. The van der Waals surface area contributed by atoms with Crippen LogP contribution in [0.5, 0.6) is 5.75 Å². The SMILES string of the molecule is N[C@@H]1CC[C@@H]2[C@H](C1)OC(=O)N2c1ccc2c(n1)NC(=O)CO2. The number of nitrogens with one attached hydrogen (secondary N) is 1. The molecule has 1 aliphatic carbocycles. The number of anilines is 2. The second-order valence-electron chi connectivity index (χ2n) is 5.79. The molecular formula is C14H16N4O4. The van der Waals surface area contributed by atoms with Crippen LogP contribution in [-0.2, 0) is 9.53 Å². The van der Waals surface area contributed by atoms with Crippen LogP contribution in [0.1, 0.15) is 19.3 Å². The number of nitrogens with zero attached hydrogens (tertiary/aromatic N) is 2. The molecule has 0 bridgehead atoms. The van der Waals surface area contributed by atoms with Gasteiger partial charge in [0, 0.05) is 12.5 Å². The highest BCUT2D eigenvalue weighted by Gasteiger charge is 2.46. The van der Waals surface area contributed by atoms with Gasteiger partial charge in [-0.15, -0.1) is 0 Å². The number of rotatable bonds is 1. The summed E-state index contributed by atoms with van der Waals surface area (Å²) in [5.74, 6) is 1.02. The van der Waals surface area contributed by atoms with Gasteiger partial charge in [0.25, 0.3) is 5.91 Å². The van der Waals surface area contributed by atoms with Crippen LogP contribution >= 0.6 is 0 Å². The van der Waals surface area contributed by atoms with Crippen molar-refractivity contribution in [1.82, 2.24) is 4.98 Å². The maximum absolute atomic E-state index is 12.2. The molecule has 1 aromatic heterocycles. The fourth-order valence-corrected chi connectivity index (χ4v) is 3.24. The molecular weight excluding hydrogens is 288 g/mol. The Morgan fingerprint density at radius 2 is 2.18 bits per heavy atom. The fourth-order valence-electron chi connectivity index (χ4n) is 3.24. The summed E-state index contributed by atoms with van der Waals surface area (Å²) in [5, 5.41) is 2.64. The number of aromatic nitrogens is 1. The molecule has 3 heterocycles. The molecule has 22 heavy (non-hydrogen) atoms. The van der Waals surface area contributed by atoms with E-state index in [1.165, 1.54) is 0 Å². The van der Waals surface area contributed by atoms with Crippen LogP contribution in [0.15, 0.2) is 12.1 Å². The van der Waals surface area contributed by atoms with Gasteiger partial charge in [0.15, 0.2) is 18.2 Å². The van der Waals surface area contributed by atoms with Gasteiger partial charge in [-0.25, -0.2) is 9.78 Å². The molecule has 3 N–H and O–H groups in total. The number of amides is 2. The largest absolute Gasteiger partial charge is 0.480 e. The van der Waals surface area contributed by atoms with Gasteiger partial charge in [0.1, 0.15) is 11.9 Å². The molecule has 3 atom stereocenters. The Balaban J connectivity index is 1.65. The molecule has 8 heteroatoms. The van der Waals surface area contributed by atoms with E-state index >= 15 is 0 Å². The number of ether oxygens (including phenoxy) is 2. The van der Waals surface area contributed by atoms with Crippen molar-refractivity contribution >= 4 is 23.6 Å². The van der Waals surface area contributed by atoms with E-state index in [2.05, 4.69) is 10.3 Å². The molecule has 0 spiro atoms. The monoisotopic (exact) mass is 304 g/mol. The Hall–Kier alpha value is -2.35. The number of hydrogen-bond acceptors (Lipinski definition) is 6. The number of carbonyl (C=O) groups is 2. The first kappa shape index (κ1) is 13.3. The minimum absolute atomic E-state index is 0.0254. The summed E-state index contributed by atoms with van der Waals surface area (Å²) < 4.78 is 10.7. The minimum atomic E-state index is -0.417. The summed E-state index contributed by atoms with van der Waals surface area (Å²) in [6, 6.07) is 3.41. The van der Waals surface area contributed by atoms with Crippen molar-refractivity contribution in [2.45, 2.75) is 37.5 Å². The predicted octanol–water partition coefficient (Wildman–Crippen LogP) is 0.617. The van der Waals surface area contributed by atoms with Gasteiger partial charge >= 0.3 is 6.09 Å². The molecule has 116 valence electrons. The third-order valence-electron chi connectivity index (χ3n) is 4.28. The third kappa shape index (κ3) is 2.07. The molecule has 0 aromatic carbocycles. The van der Waals surface area contributed by atoms with Crippen molar-refractivity contribution in [2.24, 2.45) is 5.73 Å². The van der Waals surface area contributed by atoms with Gasteiger partial charge in [-0.3, -0.25) is 9.69 Å². The number of hydrogen-bond donors (Lipinski definition) is 2. The van der Waals surface area contributed by atoms with Gasteiger partial charge in [-0.1, -0.05) is 0 Å². The van der Waals surface area contributed by atoms with E-state index in [1.807, 2.05) is 0 Å². The van der Waals surface area contributed by atoms with Gasteiger partial charge in [-0.05, 0) is 25.0 Å². The van der Waals surface area contributed by atoms with Crippen LogP contribution < -0.4 is 20.7 Å². The van der Waals surface area contributed by atoms with Crippen molar-refractivity contribution in [3.63, 3.8) is 0 Å². The van der Waals surface area contributed by atoms with E-state index < -0.39 is 6.09 Å². The highest BCUT2D eigenvalue weighted by atomic mass is 16.6. The molecule has 2 fully saturated rings. The van der Waals surface area contributed by atoms with Crippen molar-refractivity contribution in [2.75, 3.05) is 16.8 Å². The number of fused-ring (bicyclic) bond motifs is 2. The molecule has 1 saturated carbocycles. The maximum Gasteiger partial charge on any atom is 0.416 e. The van der Waals surface area contributed by atoms with Gasteiger partial charge in [0.05, 0.1) is 6.04 Å². The van der Waals surface area contributed by atoms with Gasteiger partial charge in [-0.2, -0.15) is 0 Å². The first-order valence-corrected chi connectivity index (χ1v) is 7.31. The zero-order valence-electron chi connectivity index (χ0n) is 11.8. The molecule has 2 amide bonds. The zero-order chi connectivity index (χ0) is 15.3. The van der Waals surface area contributed by atoms with Crippen LogP contribution in [0.4, 0.5) is 16.4 Å². The quantitative estimate of drug-likeness (QED) is 0.787. The predicted molar refractivity (Wildman–Crippen MR) is 76.7 cm³/mol. The van der Waals surface area contributed by atoms with Gasteiger partial charge < -0.3 is 20.5 Å². The Morgan fingerprint density at radius 3 is 3.05 bits per heavy atom. The molecule has 4 rings (SSSR count). The lowest BCUT2D eigenvalue weighted by Gasteiger charge is -2.30. The zero-order valence-corrected chi connectivity index (χ0v) is 11.8. The Morgan fingerprint density at radius 1 is 1.32 bits per heavy atom. The standard InChI is InChI=1S/C14H16N4O4/c15-7-1-2-8-10(5-7)22-14(20)18(8)11-4-3-9-13(16-11)17-12(19)6-21-9/h3-4,7-8,10H,1-2,5-6,15H2,(H,16,17,19)/t7-,8-,10+/m1/s1. The van der Waals surface area contributed by atoms with Crippen molar-refractivity contribution in [3.05, 3.63) is 12.1 Å². The second kappa shape index (κ2) is 4.84. The van der Waals surface area contributed by atoms with Gasteiger partial charge in [0.2, 0.25) is 0 Å². The molecule has 3 aliphatic rings. The van der Waals surface area contributed by atoms with E-state index in [9.17, 15) is 9.59 Å². The molecule has 0 unspecified atom stereocenters. The minimum Gasteiger partial charge on any atom is -0.480 e. The van der Waals surface area contributed by atoms with E-state index in [0.717, 1.165) is 12.8 Å². The highest BCUT2D eigenvalue weighted by Crippen LogP contribution is 2.36. The summed E-state index contributed by atoms with van der Waals surface area (Å²) in [5.41, 5.74) is 5.94. The molecule has 1 aromatic rings. The molecule has 0 radical (unpaired) electrons. The van der Waals surface area contributed by atoms with E-state index in [0.29, 0.717) is 23.8 Å². The first-order chi connectivity index (χ1) is 10.6. The molecule has 1 saturated heterocycles. The Labute approximate surface area is 126 Å². The summed E-state index contributed by atoms with van der Waals surface area (Å²) >= 11 is 0. The number of carbonyl (C=O) groups excluding carboxylic acids is 2. The Bertz CT molecular complexity index is 650. The summed E-state index contributed by atoms with van der Waals surface area (Å²) in [6.07, 6.45) is 1.68. The first-order valence-electron chi connectivity index (χ1n) is 7.31. The lowest BCUT2D eigenvalue weighted by molar-refractivity contribution is -0.118. The summed E-state index contributed by atoms with van der Waals surface area (Å²) in [7, 11) is 0. The lowest BCUT2D eigenvalue weighted by Crippen LogP contribution is -2.44. The van der Waals surface area contributed by atoms with Crippen molar-refractivity contribution < 1.29 is 19.1 Å². The number of nitrogens with two attached hydrogens (primary N) is 1. The van der Waals surface area contributed by atoms with E-state index in [1.54, 1.807) is 17.0 Å². The topological polar surface area (TPSA) is 107 Å². The molecule has 8 nitrogen and oxygen atoms in total. The maximum atomic E-state index is 12.2.